The van der Waals surface area contributed by atoms with Gasteiger partial charge in [0, 0.05) is 18.8 Å². The number of rotatable bonds is 4. The maximum absolute atomic E-state index is 12.7. The number of H-pyrrole nitrogens is 1. The first-order valence-corrected chi connectivity index (χ1v) is 7.51. The molecule has 0 aliphatic carbocycles. The number of aromatic amines is 1. The molecule has 4 nitrogen and oxygen atoms in total. The molecule has 0 bridgehead atoms. The van der Waals surface area contributed by atoms with E-state index in [-0.39, 0.29) is 17.0 Å². The van der Waals surface area contributed by atoms with E-state index in [1.54, 1.807) is 4.90 Å². The van der Waals surface area contributed by atoms with E-state index < -0.39 is 5.56 Å². The van der Waals surface area contributed by atoms with Gasteiger partial charge in [-0.3, -0.25) is 9.59 Å². The molecule has 0 saturated carbocycles. The third-order valence-corrected chi connectivity index (χ3v) is 3.71. The van der Waals surface area contributed by atoms with Gasteiger partial charge in [0.05, 0.1) is 5.56 Å². The van der Waals surface area contributed by atoms with Gasteiger partial charge in [0.25, 0.3) is 11.5 Å². The molecule has 0 aliphatic heterocycles. The van der Waals surface area contributed by atoms with Crippen LogP contribution in [0.3, 0.4) is 0 Å². The van der Waals surface area contributed by atoms with Crippen LogP contribution in [0.15, 0.2) is 41.3 Å². The van der Waals surface area contributed by atoms with Crippen LogP contribution in [0.25, 0.3) is 0 Å². The summed E-state index contributed by atoms with van der Waals surface area (Å²) < 4.78 is 0. The van der Waals surface area contributed by atoms with Gasteiger partial charge >= 0.3 is 0 Å². The van der Waals surface area contributed by atoms with Crippen molar-refractivity contribution < 1.29 is 4.79 Å². The summed E-state index contributed by atoms with van der Waals surface area (Å²) in [5.74, 6) is -0.158. The van der Waals surface area contributed by atoms with Crippen LogP contribution in [-0.4, -0.2) is 21.8 Å². The molecule has 1 aromatic carbocycles. The maximum Gasteiger partial charge on any atom is 0.266 e. The van der Waals surface area contributed by atoms with Crippen molar-refractivity contribution in [1.82, 2.24) is 9.88 Å². The molecule has 1 amide bonds. The van der Waals surface area contributed by atoms with Gasteiger partial charge in [-0.2, -0.15) is 0 Å². The molecule has 116 valence electrons. The molecular formula is C17H19ClN2O2. The number of halogens is 1. The van der Waals surface area contributed by atoms with Gasteiger partial charge in [-0.05, 0) is 32.4 Å². The summed E-state index contributed by atoms with van der Waals surface area (Å²) in [6, 6.07) is 9.49. The lowest BCUT2D eigenvalue weighted by molar-refractivity contribution is 0.0690. The van der Waals surface area contributed by atoms with Crippen molar-refractivity contribution in [1.29, 1.82) is 0 Å². The molecule has 0 atom stereocenters. The molecule has 0 aliphatic rings. The minimum atomic E-state index is -0.395. The molecule has 0 radical (unpaired) electrons. The van der Waals surface area contributed by atoms with E-state index in [1.807, 2.05) is 39.0 Å². The first-order chi connectivity index (χ1) is 10.4. The number of nitrogens with one attached hydrogen (secondary N) is 1. The minimum Gasteiger partial charge on any atom is -0.332 e. The highest BCUT2D eigenvalue weighted by molar-refractivity contribution is 6.30. The minimum absolute atomic E-state index is 0.0186. The van der Waals surface area contributed by atoms with Crippen molar-refractivity contribution in [3.8, 4) is 0 Å². The van der Waals surface area contributed by atoms with Crippen LogP contribution in [0.5, 0.6) is 0 Å². The number of nitrogens with zero attached hydrogens (tertiary/aromatic N) is 1. The van der Waals surface area contributed by atoms with Crippen LogP contribution in [0, 0.1) is 6.92 Å². The third kappa shape index (κ3) is 3.77. The molecule has 1 N–H and O–H groups in total. The van der Waals surface area contributed by atoms with Gasteiger partial charge < -0.3 is 9.88 Å². The van der Waals surface area contributed by atoms with Crippen molar-refractivity contribution >= 4 is 17.5 Å². The van der Waals surface area contributed by atoms with Gasteiger partial charge in [-0.15, -0.1) is 0 Å². The monoisotopic (exact) mass is 318 g/mol. The number of carbonyl (C=O) groups is 1. The second-order valence-corrected chi connectivity index (χ2v) is 5.99. The van der Waals surface area contributed by atoms with Gasteiger partial charge in [-0.1, -0.05) is 41.4 Å². The summed E-state index contributed by atoms with van der Waals surface area (Å²) in [4.78, 5) is 28.2. The number of hydrogen-bond donors (Lipinski definition) is 1. The molecule has 1 aromatic heterocycles. The quantitative estimate of drug-likeness (QED) is 0.939. The van der Waals surface area contributed by atoms with Crippen LogP contribution < -0.4 is 5.56 Å². The topological polar surface area (TPSA) is 53.2 Å². The largest absolute Gasteiger partial charge is 0.332 e. The van der Waals surface area contributed by atoms with Crippen molar-refractivity contribution in [2.24, 2.45) is 0 Å². The van der Waals surface area contributed by atoms with E-state index in [0.717, 1.165) is 11.1 Å². The van der Waals surface area contributed by atoms with E-state index in [9.17, 15) is 9.59 Å². The summed E-state index contributed by atoms with van der Waals surface area (Å²) in [7, 11) is 0. The molecule has 2 aromatic rings. The Morgan fingerprint density at radius 2 is 2.05 bits per heavy atom. The molecule has 5 heteroatoms. The Bertz CT molecular complexity index is 737. The second-order valence-electron chi connectivity index (χ2n) is 5.58. The van der Waals surface area contributed by atoms with Crippen molar-refractivity contribution in [2.45, 2.75) is 33.4 Å². The lowest BCUT2D eigenvalue weighted by Crippen LogP contribution is -2.36. The number of carbonyl (C=O) groups excluding carboxylic acids is 1. The van der Waals surface area contributed by atoms with Crippen LogP contribution in [0.1, 0.15) is 35.3 Å². The lowest BCUT2D eigenvalue weighted by Gasteiger charge is -2.27. The van der Waals surface area contributed by atoms with Crippen molar-refractivity contribution in [3.05, 3.63) is 68.6 Å². The van der Waals surface area contributed by atoms with Crippen LogP contribution >= 0.6 is 11.6 Å². The fourth-order valence-electron chi connectivity index (χ4n) is 2.24. The van der Waals surface area contributed by atoms with Crippen molar-refractivity contribution in [3.63, 3.8) is 0 Å². The summed E-state index contributed by atoms with van der Waals surface area (Å²) >= 11 is 5.81. The molecular weight excluding hydrogens is 300 g/mol. The highest BCUT2D eigenvalue weighted by atomic mass is 35.5. The fraction of sp³-hybridized carbons (Fsp3) is 0.294. The molecule has 2 rings (SSSR count). The number of amides is 1. The Morgan fingerprint density at radius 1 is 1.32 bits per heavy atom. The zero-order valence-electron chi connectivity index (χ0n) is 12.9. The SMILES string of the molecule is Cc1cccc(CN(C(=O)c2c[nH]c(=O)c(Cl)c2)C(C)C)c1. The number of benzene rings is 1. The van der Waals surface area contributed by atoms with E-state index in [2.05, 4.69) is 11.1 Å². The average Bonchev–Trinajstić information content (AvgIpc) is 2.47. The zero-order valence-corrected chi connectivity index (χ0v) is 13.6. The Hall–Kier alpha value is -2.07. The predicted molar refractivity (Wildman–Crippen MR) is 88.3 cm³/mol. The second kappa shape index (κ2) is 6.79. The predicted octanol–water partition coefficient (Wildman–Crippen LogP) is 3.39. The highest BCUT2D eigenvalue weighted by Crippen LogP contribution is 2.15. The summed E-state index contributed by atoms with van der Waals surface area (Å²) in [5, 5.41) is 0.0186. The smallest absolute Gasteiger partial charge is 0.266 e. The fourth-order valence-corrected chi connectivity index (χ4v) is 2.41. The first kappa shape index (κ1) is 16.3. The summed E-state index contributed by atoms with van der Waals surface area (Å²) in [6.45, 7) is 6.45. The van der Waals surface area contributed by atoms with Crippen molar-refractivity contribution in [2.75, 3.05) is 0 Å². The number of aryl methyl sites for hydroxylation is 1. The van der Waals surface area contributed by atoms with Gasteiger partial charge in [0.15, 0.2) is 0 Å². The molecule has 1 heterocycles. The summed E-state index contributed by atoms with van der Waals surface area (Å²) in [5.41, 5.74) is 2.21. The molecule has 0 spiro atoms. The highest BCUT2D eigenvalue weighted by Gasteiger charge is 2.20. The normalized spacial score (nSPS) is 10.8. The van der Waals surface area contributed by atoms with Crippen LogP contribution in [0.4, 0.5) is 0 Å². The molecule has 0 saturated heterocycles. The van der Waals surface area contributed by atoms with Crippen LogP contribution in [-0.2, 0) is 6.54 Å². The summed E-state index contributed by atoms with van der Waals surface area (Å²) in [6.07, 6.45) is 1.40. The maximum atomic E-state index is 12.7. The van der Waals surface area contributed by atoms with E-state index >= 15 is 0 Å². The molecule has 0 unspecified atom stereocenters. The number of aromatic nitrogens is 1. The van der Waals surface area contributed by atoms with Gasteiger partial charge in [0.2, 0.25) is 0 Å². The van der Waals surface area contributed by atoms with Crippen LogP contribution in [0.2, 0.25) is 5.02 Å². The van der Waals surface area contributed by atoms with Gasteiger partial charge in [0.1, 0.15) is 5.02 Å². The number of pyridine rings is 1. The first-order valence-electron chi connectivity index (χ1n) is 7.13. The Morgan fingerprint density at radius 3 is 2.64 bits per heavy atom. The third-order valence-electron chi connectivity index (χ3n) is 3.42. The molecule has 22 heavy (non-hydrogen) atoms. The standard InChI is InChI=1S/C17H19ClN2O2/c1-11(2)20(10-13-6-4-5-12(3)7-13)17(22)14-8-15(18)16(21)19-9-14/h4-9,11H,10H2,1-3H3,(H,19,21). The number of hydrogen-bond acceptors (Lipinski definition) is 2. The Balaban J connectivity index is 2.29. The average molecular weight is 319 g/mol. The van der Waals surface area contributed by atoms with E-state index in [0.29, 0.717) is 12.1 Å². The molecule has 0 fully saturated rings. The zero-order chi connectivity index (χ0) is 16.3. The Labute approximate surface area is 134 Å². The van der Waals surface area contributed by atoms with Gasteiger partial charge in [-0.25, -0.2) is 0 Å². The Kier molecular flexibility index (Phi) is 5.03. The van der Waals surface area contributed by atoms with E-state index in [1.165, 1.54) is 12.3 Å². The lowest BCUT2D eigenvalue weighted by atomic mass is 10.1. The van der Waals surface area contributed by atoms with E-state index in [4.69, 9.17) is 11.6 Å².